The fourth-order valence-electron chi connectivity index (χ4n) is 1.72. The van der Waals surface area contributed by atoms with Crippen molar-refractivity contribution in [2.24, 2.45) is 0 Å². The van der Waals surface area contributed by atoms with E-state index in [0.29, 0.717) is 6.42 Å². The van der Waals surface area contributed by atoms with Crippen LogP contribution in [0, 0.1) is 3.57 Å². The van der Waals surface area contributed by atoms with Crippen molar-refractivity contribution in [3.63, 3.8) is 0 Å². The fraction of sp³-hybridized carbons (Fsp3) is 0.200. The second kappa shape index (κ2) is 6.09. The maximum Gasteiger partial charge on any atom is 0.169 e. The molecule has 0 spiro atoms. The Hall–Kier alpha value is -1.23. The van der Waals surface area contributed by atoms with Gasteiger partial charge in [0.05, 0.1) is 6.42 Å². The SMILES string of the molecule is CCc1ccc(CC(=O)c2ccccc2I)nc1. The van der Waals surface area contributed by atoms with Crippen molar-refractivity contribution >= 4 is 28.4 Å². The van der Waals surface area contributed by atoms with Crippen LogP contribution in [-0.2, 0) is 12.8 Å². The first-order chi connectivity index (χ1) is 8.70. The van der Waals surface area contributed by atoms with Crippen molar-refractivity contribution in [2.45, 2.75) is 19.8 Å². The number of ketones is 1. The minimum Gasteiger partial charge on any atom is -0.294 e. The van der Waals surface area contributed by atoms with Gasteiger partial charge in [-0.3, -0.25) is 9.78 Å². The first kappa shape index (κ1) is 13.2. The third-order valence-corrected chi connectivity index (χ3v) is 3.75. The Balaban J connectivity index is 2.14. The number of nitrogens with zero attached hydrogens (tertiary/aromatic N) is 1. The Bertz CT molecular complexity index is 549. The first-order valence-electron chi connectivity index (χ1n) is 5.92. The lowest BCUT2D eigenvalue weighted by molar-refractivity contribution is 0.0991. The van der Waals surface area contributed by atoms with Crippen molar-refractivity contribution in [2.75, 3.05) is 0 Å². The molecule has 0 saturated carbocycles. The van der Waals surface area contributed by atoms with E-state index in [0.717, 1.165) is 21.2 Å². The molecule has 2 nitrogen and oxygen atoms in total. The normalized spacial score (nSPS) is 10.3. The van der Waals surface area contributed by atoms with Crippen molar-refractivity contribution in [3.8, 4) is 0 Å². The summed E-state index contributed by atoms with van der Waals surface area (Å²) in [4.78, 5) is 16.5. The number of aromatic nitrogens is 1. The number of aryl methyl sites for hydroxylation is 1. The van der Waals surface area contributed by atoms with Gasteiger partial charge in [-0.1, -0.05) is 31.2 Å². The fourth-order valence-corrected chi connectivity index (χ4v) is 2.40. The molecular formula is C15H14INO. The summed E-state index contributed by atoms with van der Waals surface area (Å²) in [5.74, 6) is 0.122. The predicted octanol–water partition coefficient (Wildman–Crippen LogP) is 3.67. The summed E-state index contributed by atoms with van der Waals surface area (Å²) in [7, 11) is 0. The van der Waals surface area contributed by atoms with Crippen molar-refractivity contribution in [1.29, 1.82) is 0 Å². The molecule has 0 aliphatic heterocycles. The highest BCUT2D eigenvalue weighted by molar-refractivity contribution is 14.1. The van der Waals surface area contributed by atoms with Crippen LogP contribution in [0.1, 0.15) is 28.5 Å². The summed E-state index contributed by atoms with van der Waals surface area (Å²) < 4.78 is 0.991. The van der Waals surface area contributed by atoms with E-state index in [1.54, 1.807) is 0 Å². The summed E-state index contributed by atoms with van der Waals surface area (Å²) in [5, 5.41) is 0. The molecule has 0 aliphatic carbocycles. The molecule has 0 amide bonds. The molecule has 2 rings (SSSR count). The van der Waals surface area contributed by atoms with E-state index in [4.69, 9.17) is 0 Å². The Morgan fingerprint density at radius 3 is 2.61 bits per heavy atom. The average molecular weight is 351 g/mol. The van der Waals surface area contributed by atoms with Gasteiger partial charge in [0.15, 0.2) is 5.78 Å². The monoisotopic (exact) mass is 351 g/mol. The maximum absolute atomic E-state index is 12.1. The quantitative estimate of drug-likeness (QED) is 0.621. The smallest absolute Gasteiger partial charge is 0.169 e. The Labute approximate surface area is 121 Å². The zero-order valence-corrected chi connectivity index (χ0v) is 12.3. The molecule has 1 aromatic heterocycles. The summed E-state index contributed by atoms with van der Waals surface area (Å²) in [5.41, 5.74) is 2.80. The van der Waals surface area contributed by atoms with Gasteiger partial charge in [0, 0.05) is 21.0 Å². The molecule has 0 unspecified atom stereocenters. The van der Waals surface area contributed by atoms with Gasteiger partial charge < -0.3 is 0 Å². The van der Waals surface area contributed by atoms with Gasteiger partial charge in [-0.25, -0.2) is 0 Å². The second-order valence-electron chi connectivity index (χ2n) is 4.09. The molecule has 0 atom stereocenters. The number of halogens is 1. The molecule has 1 aromatic carbocycles. The summed E-state index contributed by atoms with van der Waals surface area (Å²) in [6, 6.07) is 11.6. The minimum atomic E-state index is 0.122. The molecule has 0 bridgehead atoms. The molecule has 92 valence electrons. The lowest BCUT2D eigenvalue weighted by atomic mass is 10.1. The van der Waals surface area contributed by atoms with E-state index in [1.165, 1.54) is 5.56 Å². The van der Waals surface area contributed by atoms with Crippen molar-refractivity contribution < 1.29 is 4.79 Å². The number of pyridine rings is 1. The summed E-state index contributed by atoms with van der Waals surface area (Å²) >= 11 is 2.19. The Morgan fingerprint density at radius 1 is 1.22 bits per heavy atom. The molecule has 18 heavy (non-hydrogen) atoms. The summed E-state index contributed by atoms with van der Waals surface area (Å²) in [6.07, 6.45) is 3.18. The van der Waals surface area contributed by atoms with E-state index >= 15 is 0 Å². The third kappa shape index (κ3) is 3.16. The van der Waals surface area contributed by atoms with Crippen molar-refractivity contribution in [1.82, 2.24) is 4.98 Å². The van der Waals surface area contributed by atoms with E-state index in [9.17, 15) is 4.79 Å². The van der Waals surface area contributed by atoms with Crippen LogP contribution in [0.4, 0.5) is 0 Å². The van der Waals surface area contributed by atoms with E-state index in [-0.39, 0.29) is 5.78 Å². The van der Waals surface area contributed by atoms with Gasteiger partial charge in [0.2, 0.25) is 0 Å². The highest BCUT2D eigenvalue weighted by Crippen LogP contribution is 2.14. The van der Waals surface area contributed by atoms with Crippen LogP contribution in [0.2, 0.25) is 0 Å². The highest BCUT2D eigenvalue weighted by atomic mass is 127. The van der Waals surface area contributed by atoms with Crippen molar-refractivity contribution in [3.05, 3.63) is 63.0 Å². The molecule has 0 radical (unpaired) electrons. The standard InChI is InChI=1S/C15H14INO/c1-2-11-7-8-12(17-10-11)9-15(18)13-5-3-4-6-14(13)16/h3-8,10H,2,9H2,1H3. The van der Waals surface area contributed by atoms with Gasteiger partial charge in [-0.2, -0.15) is 0 Å². The molecule has 3 heteroatoms. The Kier molecular flexibility index (Phi) is 4.47. The number of Topliss-reactive ketones (excluding diaryl/α,β-unsaturated/α-hetero) is 1. The first-order valence-corrected chi connectivity index (χ1v) is 7.00. The number of benzene rings is 1. The zero-order chi connectivity index (χ0) is 13.0. The molecule has 0 saturated heterocycles. The van der Waals surface area contributed by atoms with Crippen LogP contribution in [0.5, 0.6) is 0 Å². The average Bonchev–Trinajstić information content (AvgIpc) is 2.40. The van der Waals surface area contributed by atoms with Gasteiger partial charge in [-0.05, 0) is 46.7 Å². The lowest BCUT2D eigenvalue weighted by Crippen LogP contribution is -2.06. The Morgan fingerprint density at radius 2 is 2.00 bits per heavy atom. The maximum atomic E-state index is 12.1. The van der Waals surface area contributed by atoms with Crippen LogP contribution in [0.3, 0.4) is 0 Å². The van der Waals surface area contributed by atoms with Crippen LogP contribution in [-0.4, -0.2) is 10.8 Å². The zero-order valence-electron chi connectivity index (χ0n) is 10.2. The molecule has 1 heterocycles. The van der Waals surface area contributed by atoms with E-state index in [2.05, 4.69) is 34.5 Å². The van der Waals surface area contributed by atoms with Crippen LogP contribution in [0.25, 0.3) is 0 Å². The highest BCUT2D eigenvalue weighted by Gasteiger charge is 2.10. The molecule has 0 aliphatic rings. The second-order valence-corrected chi connectivity index (χ2v) is 5.25. The molecule has 0 N–H and O–H groups in total. The summed E-state index contributed by atoms with van der Waals surface area (Å²) in [6.45, 7) is 2.09. The van der Waals surface area contributed by atoms with Gasteiger partial charge >= 0.3 is 0 Å². The van der Waals surface area contributed by atoms with Gasteiger partial charge in [0.25, 0.3) is 0 Å². The molecular weight excluding hydrogens is 337 g/mol. The van der Waals surface area contributed by atoms with Crippen LogP contribution >= 0.6 is 22.6 Å². The number of hydrogen-bond donors (Lipinski definition) is 0. The number of carbonyl (C=O) groups excluding carboxylic acids is 1. The van der Waals surface area contributed by atoms with Gasteiger partial charge in [0.1, 0.15) is 0 Å². The minimum absolute atomic E-state index is 0.122. The van der Waals surface area contributed by atoms with E-state index < -0.39 is 0 Å². The van der Waals surface area contributed by atoms with Gasteiger partial charge in [-0.15, -0.1) is 0 Å². The largest absolute Gasteiger partial charge is 0.294 e. The van der Waals surface area contributed by atoms with Crippen LogP contribution in [0.15, 0.2) is 42.6 Å². The number of carbonyl (C=O) groups is 1. The topological polar surface area (TPSA) is 30.0 Å². The molecule has 0 fully saturated rings. The number of rotatable bonds is 4. The predicted molar refractivity (Wildman–Crippen MR) is 80.8 cm³/mol. The number of hydrogen-bond acceptors (Lipinski definition) is 2. The lowest BCUT2D eigenvalue weighted by Gasteiger charge is -2.04. The van der Waals surface area contributed by atoms with Crippen LogP contribution < -0.4 is 0 Å². The third-order valence-electron chi connectivity index (χ3n) is 2.81. The van der Waals surface area contributed by atoms with E-state index in [1.807, 2.05) is 42.6 Å². The molecule has 2 aromatic rings.